The molecule has 30 heavy (non-hydrogen) atoms. The van der Waals surface area contributed by atoms with Gasteiger partial charge in [-0.3, -0.25) is 4.57 Å². The fraction of sp³-hybridized carbons (Fsp3) is 0.318. The predicted molar refractivity (Wildman–Crippen MR) is 113 cm³/mol. The first kappa shape index (κ1) is 18.5. The zero-order valence-corrected chi connectivity index (χ0v) is 16.7. The Morgan fingerprint density at radius 2 is 2.13 bits per heavy atom. The summed E-state index contributed by atoms with van der Waals surface area (Å²) >= 11 is 0. The number of pyridine rings is 1. The van der Waals surface area contributed by atoms with Crippen LogP contribution in [0.3, 0.4) is 0 Å². The molecule has 2 aliphatic heterocycles. The molecule has 8 nitrogen and oxygen atoms in total. The minimum atomic E-state index is 0.275. The highest BCUT2D eigenvalue weighted by atomic mass is 16.5. The first-order chi connectivity index (χ1) is 14.6. The standard InChI is InChI=1S/C22H22N6O2/c1-29-17-7-15(6-16(8-17)27-4-2-22(11-27)12-30-13-22)18-9-20(24)26-21(19(18)10-23)28-5-3-25-14-28/h3,5-9,14H,2,4,11-13H2,1H3,(H2,24,26). The number of aromatic nitrogens is 3. The summed E-state index contributed by atoms with van der Waals surface area (Å²) in [6.07, 6.45) is 6.11. The maximum atomic E-state index is 9.95. The number of nitrogen functional groups attached to an aromatic ring is 1. The Labute approximate surface area is 174 Å². The molecule has 0 aliphatic carbocycles. The smallest absolute Gasteiger partial charge is 0.158 e. The Hall–Kier alpha value is -3.57. The van der Waals surface area contributed by atoms with Crippen LogP contribution in [0.25, 0.3) is 16.9 Å². The lowest BCUT2D eigenvalue weighted by Gasteiger charge is -2.38. The highest BCUT2D eigenvalue weighted by Crippen LogP contribution is 2.41. The van der Waals surface area contributed by atoms with Gasteiger partial charge in [0, 0.05) is 48.2 Å². The number of hydrogen-bond donors (Lipinski definition) is 1. The molecular formula is C22H22N6O2. The molecule has 8 heteroatoms. The highest BCUT2D eigenvalue weighted by Gasteiger charge is 2.44. The fourth-order valence-corrected chi connectivity index (χ4v) is 4.28. The summed E-state index contributed by atoms with van der Waals surface area (Å²) in [5.41, 5.74) is 9.47. The largest absolute Gasteiger partial charge is 0.497 e. The van der Waals surface area contributed by atoms with Crippen LogP contribution in [0.5, 0.6) is 5.75 Å². The van der Waals surface area contributed by atoms with Gasteiger partial charge in [0.05, 0.1) is 20.3 Å². The third-order valence-electron chi connectivity index (χ3n) is 5.94. The molecule has 0 bridgehead atoms. The summed E-state index contributed by atoms with van der Waals surface area (Å²) in [4.78, 5) is 10.8. The summed E-state index contributed by atoms with van der Waals surface area (Å²) in [6.45, 7) is 3.59. The average Bonchev–Trinajstić information content (AvgIpc) is 3.43. The van der Waals surface area contributed by atoms with Gasteiger partial charge in [0.25, 0.3) is 0 Å². The van der Waals surface area contributed by atoms with Crippen LogP contribution < -0.4 is 15.4 Å². The van der Waals surface area contributed by atoms with Gasteiger partial charge in [0.15, 0.2) is 5.82 Å². The number of imidazole rings is 1. The maximum Gasteiger partial charge on any atom is 0.158 e. The van der Waals surface area contributed by atoms with Gasteiger partial charge in [0.1, 0.15) is 29.5 Å². The van der Waals surface area contributed by atoms with Gasteiger partial charge in [-0.15, -0.1) is 0 Å². The Balaban J connectivity index is 1.61. The molecule has 0 atom stereocenters. The molecule has 1 spiro atoms. The number of anilines is 2. The van der Waals surface area contributed by atoms with Crippen molar-refractivity contribution in [3.05, 3.63) is 48.5 Å². The minimum absolute atomic E-state index is 0.275. The molecule has 0 radical (unpaired) electrons. The van der Waals surface area contributed by atoms with E-state index in [1.165, 1.54) is 0 Å². The summed E-state index contributed by atoms with van der Waals surface area (Å²) in [7, 11) is 1.65. The molecule has 2 aliphatic rings. The van der Waals surface area contributed by atoms with E-state index in [9.17, 15) is 5.26 Å². The van der Waals surface area contributed by atoms with Crippen molar-refractivity contribution in [3.63, 3.8) is 0 Å². The van der Waals surface area contributed by atoms with Crippen LogP contribution in [0.2, 0.25) is 0 Å². The lowest BCUT2D eigenvalue weighted by atomic mass is 9.85. The van der Waals surface area contributed by atoms with Gasteiger partial charge in [-0.05, 0) is 30.2 Å². The van der Waals surface area contributed by atoms with E-state index in [2.05, 4.69) is 27.0 Å². The molecule has 0 unspecified atom stereocenters. The van der Waals surface area contributed by atoms with Crippen molar-refractivity contribution in [2.24, 2.45) is 5.41 Å². The number of benzene rings is 1. The van der Waals surface area contributed by atoms with E-state index in [0.29, 0.717) is 17.2 Å². The van der Waals surface area contributed by atoms with Gasteiger partial charge in [-0.2, -0.15) is 5.26 Å². The Morgan fingerprint density at radius 1 is 1.27 bits per heavy atom. The van der Waals surface area contributed by atoms with E-state index in [0.717, 1.165) is 55.3 Å². The molecule has 1 aromatic carbocycles. The zero-order chi connectivity index (χ0) is 20.7. The normalized spacial score (nSPS) is 17.0. The molecule has 4 heterocycles. The number of ether oxygens (including phenoxy) is 2. The van der Waals surface area contributed by atoms with Crippen LogP contribution in [-0.2, 0) is 4.74 Å². The molecule has 2 saturated heterocycles. The van der Waals surface area contributed by atoms with Gasteiger partial charge in [-0.1, -0.05) is 0 Å². The molecule has 2 fully saturated rings. The average molecular weight is 402 g/mol. The van der Waals surface area contributed by atoms with Crippen LogP contribution in [0, 0.1) is 16.7 Å². The van der Waals surface area contributed by atoms with E-state index in [4.69, 9.17) is 15.2 Å². The SMILES string of the molecule is COc1cc(-c2cc(N)nc(-n3ccnc3)c2C#N)cc(N2CCC3(COC3)C2)c1. The Bertz CT molecular complexity index is 1130. The highest BCUT2D eigenvalue weighted by molar-refractivity contribution is 5.79. The number of nitrogens with zero attached hydrogens (tertiary/aromatic N) is 5. The van der Waals surface area contributed by atoms with Gasteiger partial charge in [0.2, 0.25) is 0 Å². The van der Waals surface area contributed by atoms with Crippen molar-refractivity contribution in [2.45, 2.75) is 6.42 Å². The summed E-state index contributed by atoms with van der Waals surface area (Å²) < 4.78 is 12.7. The fourth-order valence-electron chi connectivity index (χ4n) is 4.28. The van der Waals surface area contributed by atoms with Crippen LogP contribution in [0.15, 0.2) is 43.0 Å². The van der Waals surface area contributed by atoms with Crippen molar-refractivity contribution in [2.75, 3.05) is 44.0 Å². The van der Waals surface area contributed by atoms with E-state index in [1.807, 2.05) is 12.1 Å². The Kier molecular flexibility index (Phi) is 4.33. The second-order valence-electron chi connectivity index (χ2n) is 7.96. The second-order valence-corrected chi connectivity index (χ2v) is 7.96. The molecule has 0 saturated carbocycles. The molecule has 0 amide bonds. The monoisotopic (exact) mass is 402 g/mol. The van der Waals surface area contributed by atoms with Gasteiger partial charge in [-0.25, -0.2) is 9.97 Å². The van der Waals surface area contributed by atoms with Crippen molar-refractivity contribution in [1.82, 2.24) is 14.5 Å². The molecule has 152 valence electrons. The second kappa shape index (κ2) is 7.04. The quantitative estimate of drug-likeness (QED) is 0.716. The van der Waals surface area contributed by atoms with Crippen molar-refractivity contribution >= 4 is 11.5 Å². The molecule has 2 aromatic heterocycles. The van der Waals surface area contributed by atoms with E-state index >= 15 is 0 Å². The number of nitriles is 1. The van der Waals surface area contributed by atoms with Crippen molar-refractivity contribution in [3.8, 4) is 28.8 Å². The number of hydrogen-bond acceptors (Lipinski definition) is 7. The minimum Gasteiger partial charge on any atom is -0.497 e. The van der Waals surface area contributed by atoms with Crippen LogP contribution in [-0.4, -0.2) is 47.9 Å². The topological polar surface area (TPSA) is 102 Å². The third-order valence-corrected chi connectivity index (χ3v) is 5.94. The lowest BCUT2D eigenvalue weighted by Crippen LogP contribution is -2.44. The molecular weight excluding hydrogens is 380 g/mol. The van der Waals surface area contributed by atoms with E-state index in [1.54, 1.807) is 36.5 Å². The number of rotatable bonds is 4. The molecule has 3 aromatic rings. The van der Waals surface area contributed by atoms with E-state index in [-0.39, 0.29) is 5.41 Å². The summed E-state index contributed by atoms with van der Waals surface area (Å²) in [5.74, 6) is 1.53. The van der Waals surface area contributed by atoms with Crippen LogP contribution >= 0.6 is 0 Å². The molecule has 5 rings (SSSR count). The first-order valence-corrected chi connectivity index (χ1v) is 9.82. The zero-order valence-electron chi connectivity index (χ0n) is 16.7. The third kappa shape index (κ3) is 3.04. The molecule has 2 N–H and O–H groups in total. The lowest BCUT2D eigenvalue weighted by molar-refractivity contribution is -0.0985. The van der Waals surface area contributed by atoms with E-state index < -0.39 is 0 Å². The maximum absolute atomic E-state index is 9.95. The van der Waals surface area contributed by atoms with Crippen LogP contribution in [0.1, 0.15) is 12.0 Å². The van der Waals surface area contributed by atoms with Crippen molar-refractivity contribution in [1.29, 1.82) is 5.26 Å². The first-order valence-electron chi connectivity index (χ1n) is 9.82. The van der Waals surface area contributed by atoms with Crippen molar-refractivity contribution < 1.29 is 9.47 Å². The predicted octanol–water partition coefficient (Wildman–Crippen LogP) is 2.62. The summed E-state index contributed by atoms with van der Waals surface area (Å²) in [6, 6.07) is 10.1. The van der Waals surface area contributed by atoms with Crippen LogP contribution in [0.4, 0.5) is 11.5 Å². The number of methoxy groups -OCH3 is 1. The van der Waals surface area contributed by atoms with Gasteiger partial charge >= 0.3 is 0 Å². The number of nitrogens with two attached hydrogens (primary N) is 1. The summed E-state index contributed by atoms with van der Waals surface area (Å²) in [5, 5.41) is 9.95. The van der Waals surface area contributed by atoms with Gasteiger partial charge < -0.3 is 20.1 Å². The Morgan fingerprint density at radius 3 is 2.77 bits per heavy atom.